The van der Waals surface area contributed by atoms with Crippen molar-refractivity contribution in [2.24, 2.45) is 11.7 Å². The van der Waals surface area contributed by atoms with Crippen LogP contribution >= 0.6 is 0 Å². The van der Waals surface area contributed by atoms with Gasteiger partial charge < -0.3 is 10.6 Å². The number of carbonyl (C=O) groups is 1. The van der Waals surface area contributed by atoms with E-state index in [1.54, 1.807) is 24.3 Å². The van der Waals surface area contributed by atoms with E-state index in [1.165, 1.54) is 29.8 Å². The van der Waals surface area contributed by atoms with Gasteiger partial charge in [0, 0.05) is 23.6 Å². The van der Waals surface area contributed by atoms with Crippen molar-refractivity contribution in [3.63, 3.8) is 0 Å². The van der Waals surface area contributed by atoms with Gasteiger partial charge in [0.05, 0.1) is 7.05 Å². The molecule has 2 unspecified atom stereocenters. The van der Waals surface area contributed by atoms with Crippen LogP contribution in [-0.2, 0) is 13.0 Å². The Morgan fingerprint density at radius 2 is 1.49 bits per heavy atom. The van der Waals surface area contributed by atoms with Crippen LogP contribution in [0.25, 0.3) is 0 Å². The topological polar surface area (TPSA) is 46.3 Å². The van der Waals surface area contributed by atoms with E-state index in [0.29, 0.717) is 6.54 Å². The second-order valence-corrected chi connectivity index (χ2v) is 9.80. The Morgan fingerprint density at radius 1 is 0.914 bits per heavy atom. The average Bonchev–Trinajstić information content (AvgIpc) is 2.87. The minimum absolute atomic E-state index is 0.0497. The molecule has 35 heavy (non-hydrogen) atoms. The molecule has 1 fully saturated rings. The number of benzene rings is 3. The van der Waals surface area contributed by atoms with Crippen LogP contribution in [0.2, 0.25) is 0 Å². The molecular weight excluding hydrogens is 444 g/mol. The number of hydrogen-bond donors (Lipinski definition) is 1. The van der Waals surface area contributed by atoms with E-state index < -0.39 is 6.03 Å². The van der Waals surface area contributed by atoms with E-state index in [9.17, 15) is 13.6 Å². The highest BCUT2D eigenvalue weighted by Crippen LogP contribution is 2.41. The lowest BCUT2D eigenvalue weighted by molar-refractivity contribution is -0.880. The molecule has 0 bridgehead atoms. The molecule has 0 saturated carbocycles. The van der Waals surface area contributed by atoms with Gasteiger partial charge in [-0.15, -0.1) is 0 Å². The first-order chi connectivity index (χ1) is 16.8. The molecule has 0 spiro atoms. The summed E-state index contributed by atoms with van der Waals surface area (Å²) in [5, 5.41) is 0. The first-order valence-corrected chi connectivity index (χ1v) is 12.3. The fourth-order valence-electron chi connectivity index (χ4n) is 5.43. The van der Waals surface area contributed by atoms with Crippen LogP contribution < -0.4 is 5.73 Å². The summed E-state index contributed by atoms with van der Waals surface area (Å²) in [7, 11) is 1.85. The standard InChI is InChI=1S/C29H33F2N3O/c1-34(29(32)35,21-23-7-11-26(30)12-8-23)28(24-9-13-27(31)14-10-24)25-16-19-33(20-17-25)18-15-22-5-3-2-4-6-22/h2-14,25,28H,15-21H2,1H3,(H-,32,35)/p+1. The van der Waals surface area contributed by atoms with E-state index in [-0.39, 0.29) is 28.1 Å². The molecule has 6 heteroatoms. The lowest BCUT2D eigenvalue weighted by Crippen LogP contribution is -2.57. The molecule has 3 aromatic carbocycles. The minimum Gasteiger partial charge on any atom is -0.319 e. The zero-order valence-corrected chi connectivity index (χ0v) is 20.2. The van der Waals surface area contributed by atoms with Gasteiger partial charge in [0.25, 0.3) is 0 Å². The van der Waals surface area contributed by atoms with Crippen LogP contribution in [0.1, 0.15) is 35.6 Å². The molecule has 1 saturated heterocycles. The second-order valence-electron chi connectivity index (χ2n) is 9.80. The lowest BCUT2D eigenvalue weighted by atomic mass is 9.82. The van der Waals surface area contributed by atoms with Crippen molar-refractivity contribution in [3.05, 3.63) is 107 Å². The second kappa shape index (κ2) is 11.1. The van der Waals surface area contributed by atoms with Crippen LogP contribution in [0.3, 0.4) is 0 Å². The third-order valence-electron chi connectivity index (χ3n) is 7.39. The highest BCUT2D eigenvalue weighted by molar-refractivity contribution is 5.64. The third kappa shape index (κ3) is 6.13. The van der Waals surface area contributed by atoms with Gasteiger partial charge in [-0.1, -0.05) is 54.6 Å². The maximum Gasteiger partial charge on any atom is 0.414 e. The smallest absolute Gasteiger partial charge is 0.319 e. The summed E-state index contributed by atoms with van der Waals surface area (Å²) in [4.78, 5) is 15.4. The normalized spacial score (nSPS) is 17.6. The van der Waals surface area contributed by atoms with Gasteiger partial charge in [-0.2, -0.15) is 0 Å². The molecule has 2 N–H and O–H groups in total. The number of hydrogen-bond acceptors (Lipinski definition) is 2. The van der Waals surface area contributed by atoms with Gasteiger partial charge >= 0.3 is 6.03 Å². The lowest BCUT2D eigenvalue weighted by Gasteiger charge is -2.44. The molecule has 184 valence electrons. The van der Waals surface area contributed by atoms with Gasteiger partial charge in [-0.25, -0.2) is 18.1 Å². The number of amides is 2. The number of nitrogens with zero attached hydrogens (tertiary/aromatic N) is 2. The van der Waals surface area contributed by atoms with Crippen LogP contribution in [0.5, 0.6) is 0 Å². The largest absolute Gasteiger partial charge is 0.414 e. The molecule has 4 rings (SSSR count). The molecule has 2 atom stereocenters. The number of urea groups is 1. The van der Waals surface area contributed by atoms with Gasteiger partial charge in [-0.3, -0.25) is 0 Å². The number of piperidine rings is 1. The zero-order chi connectivity index (χ0) is 24.8. The summed E-state index contributed by atoms with van der Waals surface area (Å²) in [6, 6.07) is 22.4. The molecule has 0 aromatic heterocycles. The molecular formula is C29H34F2N3O+. The Bertz CT molecular complexity index is 1100. The maximum absolute atomic E-state index is 13.8. The van der Waals surface area contributed by atoms with Crippen molar-refractivity contribution >= 4 is 6.03 Å². The molecule has 1 heterocycles. The van der Waals surface area contributed by atoms with Gasteiger partial charge in [-0.05, 0) is 62.2 Å². The number of rotatable bonds is 8. The van der Waals surface area contributed by atoms with Crippen molar-refractivity contribution in [1.29, 1.82) is 0 Å². The van der Waals surface area contributed by atoms with Crippen LogP contribution in [0.4, 0.5) is 13.6 Å². The van der Waals surface area contributed by atoms with Crippen LogP contribution in [0, 0.1) is 17.6 Å². The zero-order valence-electron chi connectivity index (χ0n) is 20.2. The summed E-state index contributed by atoms with van der Waals surface area (Å²) in [5.41, 5.74) is 9.10. The van der Waals surface area contributed by atoms with Crippen LogP contribution in [-0.4, -0.2) is 42.1 Å². The summed E-state index contributed by atoms with van der Waals surface area (Å²) in [6.07, 6.45) is 2.84. The van der Waals surface area contributed by atoms with Crippen molar-refractivity contribution in [1.82, 2.24) is 4.90 Å². The average molecular weight is 479 g/mol. The number of quaternary nitrogens is 1. The number of halogens is 2. The fraction of sp³-hybridized carbons (Fsp3) is 0.345. The predicted octanol–water partition coefficient (Wildman–Crippen LogP) is 5.69. The molecule has 0 radical (unpaired) electrons. The Morgan fingerprint density at radius 3 is 2.06 bits per heavy atom. The summed E-state index contributed by atoms with van der Waals surface area (Å²) in [6.45, 7) is 3.20. The number of nitrogens with two attached hydrogens (primary N) is 1. The third-order valence-corrected chi connectivity index (χ3v) is 7.39. The number of likely N-dealkylation sites (tertiary alicyclic amines) is 1. The van der Waals surface area contributed by atoms with E-state index in [1.807, 2.05) is 13.1 Å². The van der Waals surface area contributed by atoms with Crippen molar-refractivity contribution in [3.8, 4) is 0 Å². The van der Waals surface area contributed by atoms with Crippen molar-refractivity contribution in [2.75, 3.05) is 26.7 Å². The van der Waals surface area contributed by atoms with E-state index >= 15 is 0 Å². The Balaban J connectivity index is 1.55. The maximum atomic E-state index is 13.8. The molecule has 3 aromatic rings. The predicted molar refractivity (Wildman–Crippen MR) is 134 cm³/mol. The molecule has 0 aliphatic carbocycles. The quantitative estimate of drug-likeness (QED) is 0.423. The van der Waals surface area contributed by atoms with E-state index in [2.05, 4.69) is 29.2 Å². The minimum atomic E-state index is -0.449. The van der Waals surface area contributed by atoms with Gasteiger partial charge in [0.2, 0.25) is 0 Å². The highest BCUT2D eigenvalue weighted by Gasteiger charge is 2.45. The van der Waals surface area contributed by atoms with E-state index in [4.69, 9.17) is 5.73 Å². The molecule has 4 nitrogen and oxygen atoms in total. The fourth-order valence-corrected chi connectivity index (χ4v) is 5.43. The van der Waals surface area contributed by atoms with Gasteiger partial charge in [0.1, 0.15) is 24.2 Å². The first kappa shape index (κ1) is 25.0. The Kier molecular flexibility index (Phi) is 7.93. The SMILES string of the molecule is C[N+](Cc1ccc(F)cc1)(C(N)=O)C(c1ccc(F)cc1)C1CCN(CCc2ccccc2)CC1. The number of primary amides is 1. The Hall–Kier alpha value is -3.09. The number of carbonyl (C=O) groups excluding carboxylic acids is 1. The monoisotopic (exact) mass is 478 g/mol. The molecule has 1 aliphatic rings. The molecule has 1 aliphatic heterocycles. The van der Waals surface area contributed by atoms with Gasteiger partial charge in [0.15, 0.2) is 0 Å². The Labute approximate surface area is 206 Å². The summed E-state index contributed by atoms with van der Waals surface area (Å²) in [5.74, 6) is -0.429. The molecule has 2 amide bonds. The van der Waals surface area contributed by atoms with E-state index in [0.717, 1.165) is 50.0 Å². The van der Waals surface area contributed by atoms with Crippen LogP contribution in [0.15, 0.2) is 78.9 Å². The summed E-state index contributed by atoms with van der Waals surface area (Å²) >= 11 is 0. The first-order valence-electron chi connectivity index (χ1n) is 12.3. The summed E-state index contributed by atoms with van der Waals surface area (Å²) < 4.78 is 27.2. The highest BCUT2D eigenvalue weighted by atomic mass is 19.1. The van der Waals surface area contributed by atoms with Crippen molar-refractivity contribution < 1.29 is 18.1 Å². The van der Waals surface area contributed by atoms with Crippen molar-refractivity contribution in [2.45, 2.75) is 31.8 Å².